The molecule has 1 atom stereocenters. The summed E-state index contributed by atoms with van der Waals surface area (Å²) in [7, 11) is 2.96. The van der Waals surface area contributed by atoms with E-state index in [4.69, 9.17) is 23.9 Å². The maximum atomic E-state index is 13.3. The molecule has 1 amide bonds. The van der Waals surface area contributed by atoms with Gasteiger partial charge in [0.25, 0.3) is 0 Å². The Morgan fingerprint density at radius 3 is 2.63 bits per heavy atom. The monoisotopic (exact) mass is 586 g/mol. The van der Waals surface area contributed by atoms with Gasteiger partial charge in [-0.1, -0.05) is 36.4 Å². The number of amides is 1. The molecule has 226 valence electrons. The Hall–Kier alpha value is -4.57. The minimum absolute atomic E-state index is 0.189. The van der Waals surface area contributed by atoms with Gasteiger partial charge in [-0.05, 0) is 55.5 Å². The van der Waals surface area contributed by atoms with Crippen molar-refractivity contribution >= 4 is 34.3 Å². The fraction of sp³-hybridized carbons (Fsp3) is 0.364. The molecule has 2 aromatic carbocycles. The lowest BCUT2D eigenvalue weighted by Crippen LogP contribution is -2.24. The Labute approximate surface area is 251 Å². The third-order valence-electron chi connectivity index (χ3n) is 7.54. The summed E-state index contributed by atoms with van der Waals surface area (Å²) in [5.41, 5.74) is 4.21. The molecule has 1 saturated heterocycles. The van der Waals surface area contributed by atoms with E-state index in [-0.39, 0.29) is 17.5 Å². The number of hydrogen-bond donors (Lipinski definition) is 2. The molecule has 0 spiro atoms. The molecular weight excluding hydrogens is 548 g/mol. The number of ether oxygens (including phenoxy) is 4. The number of anilines is 2. The van der Waals surface area contributed by atoms with Crippen LogP contribution < -0.4 is 20.1 Å². The third kappa shape index (κ3) is 6.91. The minimum Gasteiger partial charge on any atom is -0.493 e. The molecule has 0 saturated carbocycles. The highest BCUT2D eigenvalue weighted by Crippen LogP contribution is 2.34. The van der Waals surface area contributed by atoms with Crippen molar-refractivity contribution in [3.8, 4) is 11.5 Å². The lowest BCUT2D eigenvalue weighted by Gasteiger charge is -2.12. The van der Waals surface area contributed by atoms with Crippen molar-refractivity contribution in [2.24, 2.45) is 5.92 Å². The van der Waals surface area contributed by atoms with Crippen molar-refractivity contribution < 1.29 is 28.5 Å². The molecule has 10 nitrogen and oxygen atoms in total. The van der Waals surface area contributed by atoms with Crippen molar-refractivity contribution in [1.82, 2.24) is 9.55 Å². The number of aromatic nitrogens is 2. The molecule has 43 heavy (non-hydrogen) atoms. The van der Waals surface area contributed by atoms with Gasteiger partial charge in [-0.15, -0.1) is 0 Å². The first-order chi connectivity index (χ1) is 21.0. The second-order valence-electron chi connectivity index (χ2n) is 10.4. The molecule has 1 fully saturated rings. The van der Waals surface area contributed by atoms with Crippen molar-refractivity contribution in [3.63, 3.8) is 0 Å². The number of fused-ring (bicyclic) bond motifs is 1. The number of nitrogens with one attached hydrogen (secondary N) is 2. The summed E-state index contributed by atoms with van der Waals surface area (Å²) in [6.45, 7) is 4.36. The average Bonchev–Trinajstić information content (AvgIpc) is 3.68. The highest BCUT2D eigenvalue weighted by molar-refractivity contribution is 6.11. The summed E-state index contributed by atoms with van der Waals surface area (Å²) in [5, 5.41) is 7.11. The first kappa shape index (κ1) is 29.9. The zero-order valence-corrected chi connectivity index (χ0v) is 24.9. The van der Waals surface area contributed by atoms with Crippen LogP contribution in [0.4, 0.5) is 11.4 Å². The van der Waals surface area contributed by atoms with E-state index in [1.165, 1.54) is 12.7 Å². The minimum atomic E-state index is -0.535. The molecule has 2 aromatic heterocycles. The number of aryl methyl sites for hydroxylation is 2. The fourth-order valence-electron chi connectivity index (χ4n) is 5.33. The smallest absolute Gasteiger partial charge is 0.356 e. The van der Waals surface area contributed by atoms with Crippen LogP contribution >= 0.6 is 0 Å². The molecule has 1 unspecified atom stereocenters. The van der Waals surface area contributed by atoms with Gasteiger partial charge in [-0.25, -0.2) is 9.78 Å². The van der Waals surface area contributed by atoms with Gasteiger partial charge in [-0.2, -0.15) is 0 Å². The molecular formula is C33H38N4O6. The van der Waals surface area contributed by atoms with Crippen molar-refractivity contribution in [2.45, 2.75) is 39.3 Å². The van der Waals surface area contributed by atoms with Gasteiger partial charge in [0.15, 0.2) is 17.2 Å². The maximum absolute atomic E-state index is 13.3. The molecule has 0 radical (unpaired) electrons. The molecule has 1 aliphatic rings. The van der Waals surface area contributed by atoms with Gasteiger partial charge in [0.2, 0.25) is 5.91 Å². The van der Waals surface area contributed by atoms with Gasteiger partial charge in [0.05, 0.1) is 50.9 Å². The van der Waals surface area contributed by atoms with Crippen LogP contribution in [0.25, 0.3) is 11.0 Å². The largest absolute Gasteiger partial charge is 0.493 e. The Morgan fingerprint density at radius 2 is 1.91 bits per heavy atom. The Morgan fingerprint density at radius 1 is 1.07 bits per heavy atom. The summed E-state index contributed by atoms with van der Waals surface area (Å²) < 4.78 is 23.6. The SMILES string of the molecule is CCOc1cc(CNc2cnc3c(c2)c(NC(=O)C2CCOC2)c(C(=O)OC)n3CCCc2ccccc2)ccc1OC. The molecule has 0 aliphatic carbocycles. The van der Waals surface area contributed by atoms with Gasteiger partial charge in [0, 0.05) is 25.1 Å². The van der Waals surface area contributed by atoms with Gasteiger partial charge in [-0.3, -0.25) is 4.79 Å². The number of benzene rings is 2. The normalized spacial score (nSPS) is 14.4. The van der Waals surface area contributed by atoms with Gasteiger partial charge < -0.3 is 34.1 Å². The number of pyridine rings is 1. The molecule has 1 aliphatic heterocycles. The van der Waals surface area contributed by atoms with E-state index in [0.29, 0.717) is 67.6 Å². The van der Waals surface area contributed by atoms with E-state index in [0.717, 1.165) is 24.1 Å². The van der Waals surface area contributed by atoms with Crippen molar-refractivity contribution in [2.75, 3.05) is 44.7 Å². The number of methoxy groups -OCH3 is 2. The number of carbonyl (C=O) groups is 2. The predicted octanol–water partition coefficient (Wildman–Crippen LogP) is 5.45. The van der Waals surface area contributed by atoms with E-state index in [1.807, 2.05) is 54.0 Å². The van der Waals surface area contributed by atoms with Crippen LogP contribution in [0, 0.1) is 5.92 Å². The van der Waals surface area contributed by atoms with E-state index >= 15 is 0 Å². The topological polar surface area (TPSA) is 113 Å². The van der Waals surface area contributed by atoms with Crippen molar-refractivity contribution in [3.05, 3.63) is 77.6 Å². The van der Waals surface area contributed by atoms with E-state index in [9.17, 15) is 9.59 Å². The van der Waals surface area contributed by atoms with Gasteiger partial charge >= 0.3 is 5.97 Å². The zero-order valence-electron chi connectivity index (χ0n) is 24.9. The van der Waals surface area contributed by atoms with E-state index in [2.05, 4.69) is 22.8 Å². The second-order valence-corrected chi connectivity index (χ2v) is 10.4. The Kier molecular flexibility index (Phi) is 9.78. The molecule has 4 aromatic rings. The van der Waals surface area contributed by atoms with Crippen LogP contribution in [0.2, 0.25) is 0 Å². The maximum Gasteiger partial charge on any atom is 0.356 e. The summed E-state index contributed by atoms with van der Waals surface area (Å²) >= 11 is 0. The third-order valence-corrected chi connectivity index (χ3v) is 7.54. The summed E-state index contributed by atoms with van der Waals surface area (Å²) in [6.07, 6.45) is 3.96. The highest BCUT2D eigenvalue weighted by atomic mass is 16.5. The molecule has 10 heteroatoms. The van der Waals surface area contributed by atoms with Crippen LogP contribution in [0.5, 0.6) is 11.5 Å². The summed E-state index contributed by atoms with van der Waals surface area (Å²) in [6, 6.07) is 17.9. The highest BCUT2D eigenvalue weighted by Gasteiger charge is 2.29. The van der Waals surface area contributed by atoms with E-state index in [1.54, 1.807) is 13.3 Å². The van der Waals surface area contributed by atoms with Crippen LogP contribution in [0.15, 0.2) is 60.8 Å². The number of nitrogens with zero attached hydrogens (tertiary/aromatic N) is 2. The van der Waals surface area contributed by atoms with Gasteiger partial charge in [0.1, 0.15) is 5.65 Å². The molecule has 3 heterocycles. The molecule has 0 bridgehead atoms. The van der Waals surface area contributed by atoms with Crippen LogP contribution in [0.1, 0.15) is 41.4 Å². The molecule has 2 N–H and O–H groups in total. The Balaban J connectivity index is 1.47. The molecule has 5 rings (SSSR count). The fourth-order valence-corrected chi connectivity index (χ4v) is 5.33. The quantitative estimate of drug-likeness (QED) is 0.199. The second kappa shape index (κ2) is 14.1. The average molecular weight is 587 g/mol. The van der Waals surface area contributed by atoms with Crippen LogP contribution in [-0.2, 0) is 33.8 Å². The lowest BCUT2D eigenvalue weighted by atomic mass is 10.1. The number of rotatable bonds is 13. The zero-order chi connectivity index (χ0) is 30.2. The Bertz CT molecular complexity index is 1560. The van der Waals surface area contributed by atoms with Crippen LogP contribution in [0.3, 0.4) is 0 Å². The number of esters is 1. The summed E-state index contributed by atoms with van der Waals surface area (Å²) in [4.78, 5) is 31.2. The summed E-state index contributed by atoms with van der Waals surface area (Å²) in [5.74, 6) is 0.337. The van der Waals surface area contributed by atoms with Crippen molar-refractivity contribution in [1.29, 1.82) is 0 Å². The lowest BCUT2D eigenvalue weighted by molar-refractivity contribution is -0.119. The first-order valence-electron chi connectivity index (χ1n) is 14.6. The van der Waals surface area contributed by atoms with Crippen LogP contribution in [-0.4, -0.2) is 55.5 Å². The first-order valence-corrected chi connectivity index (χ1v) is 14.6. The predicted molar refractivity (Wildman–Crippen MR) is 165 cm³/mol. The van der Waals surface area contributed by atoms with E-state index < -0.39 is 5.97 Å². The standard InChI is InChI=1S/C33H38N4O6/c1-4-43-28-17-23(12-13-27(28)40-2)19-34-25-18-26-29(36-32(38)24-14-16-42-21-24)30(33(39)41-3)37(31(26)35-20-25)15-8-11-22-9-6-5-7-10-22/h5-7,9-10,12-13,17-18,20,24,34H,4,8,11,14-16,19,21H2,1-3H3,(H,36,38). The number of carbonyl (C=O) groups excluding carboxylic acids is 2. The number of hydrogen-bond acceptors (Lipinski definition) is 8.